The molecule has 3 aliphatic rings. The Morgan fingerprint density at radius 2 is 1.75 bits per heavy atom. The van der Waals surface area contributed by atoms with E-state index in [1.165, 1.54) is 94.6 Å². The molecule has 160 valence electrons. The number of unbranched alkanes of at least 4 members (excludes halogenated alkanes) is 2. The van der Waals surface area contributed by atoms with Crippen LogP contribution in [0.4, 0.5) is 0 Å². The molecule has 3 rings (SSSR count). The van der Waals surface area contributed by atoms with Crippen molar-refractivity contribution in [3.8, 4) is 0 Å². The van der Waals surface area contributed by atoms with Gasteiger partial charge in [0.25, 0.3) is 0 Å². The summed E-state index contributed by atoms with van der Waals surface area (Å²) in [6.07, 6.45) is 23.7. The van der Waals surface area contributed by atoms with Crippen molar-refractivity contribution in [2.24, 2.45) is 17.1 Å². The van der Waals surface area contributed by atoms with E-state index in [0.717, 1.165) is 12.3 Å². The number of fused-ring (bicyclic) bond motifs is 1. The van der Waals surface area contributed by atoms with E-state index in [-0.39, 0.29) is 5.54 Å². The third kappa shape index (κ3) is 7.21. The van der Waals surface area contributed by atoms with E-state index in [1.54, 1.807) is 5.57 Å². The van der Waals surface area contributed by atoms with Gasteiger partial charge in [-0.15, -0.1) is 0 Å². The molecule has 0 bridgehead atoms. The molecule has 0 aromatic carbocycles. The van der Waals surface area contributed by atoms with Gasteiger partial charge in [0.15, 0.2) is 0 Å². The highest BCUT2D eigenvalue weighted by atomic mass is 14.7. The average Bonchev–Trinajstić information content (AvgIpc) is 3.03. The standard InChI is InChI=1S/C19H28.C8H19N/c1-15-7-3-4-8-16(15)11-12-17-9-5-13-19(2)14-6-10-18(17)19;1-4-5-6-7-8(2,3)9/h11-12,18H,1,3-10,13-14H2,2H3;4-7,9H2,1-3H3/b16-11+,17-12+;. The van der Waals surface area contributed by atoms with E-state index in [0.29, 0.717) is 5.41 Å². The fourth-order valence-corrected chi connectivity index (χ4v) is 5.47. The molecular formula is C27H47N. The van der Waals surface area contributed by atoms with Crippen LogP contribution in [0.1, 0.15) is 118 Å². The maximum Gasteiger partial charge on any atom is 0.00970 e. The van der Waals surface area contributed by atoms with Gasteiger partial charge in [0.05, 0.1) is 0 Å². The molecule has 1 nitrogen and oxygen atoms in total. The van der Waals surface area contributed by atoms with Gasteiger partial charge in [-0.2, -0.15) is 0 Å². The van der Waals surface area contributed by atoms with Gasteiger partial charge in [0.1, 0.15) is 0 Å². The van der Waals surface area contributed by atoms with Crippen LogP contribution < -0.4 is 5.73 Å². The van der Waals surface area contributed by atoms with E-state index in [9.17, 15) is 0 Å². The van der Waals surface area contributed by atoms with Crippen LogP contribution in [0.3, 0.4) is 0 Å². The number of allylic oxidation sites excluding steroid dienone is 5. The summed E-state index contributed by atoms with van der Waals surface area (Å²) in [5.74, 6) is 0.884. The Balaban J connectivity index is 0.000000266. The summed E-state index contributed by atoms with van der Waals surface area (Å²) in [6.45, 7) is 13.2. The zero-order valence-corrected chi connectivity index (χ0v) is 19.4. The van der Waals surface area contributed by atoms with Crippen molar-refractivity contribution >= 4 is 0 Å². The molecule has 2 unspecified atom stereocenters. The van der Waals surface area contributed by atoms with Crippen LogP contribution >= 0.6 is 0 Å². The van der Waals surface area contributed by atoms with Gasteiger partial charge in [-0.3, -0.25) is 0 Å². The molecular weight excluding hydrogens is 338 g/mol. The zero-order valence-electron chi connectivity index (χ0n) is 19.4. The molecule has 28 heavy (non-hydrogen) atoms. The van der Waals surface area contributed by atoms with Crippen LogP contribution in [-0.4, -0.2) is 5.54 Å². The fourth-order valence-electron chi connectivity index (χ4n) is 5.47. The lowest BCUT2D eigenvalue weighted by Gasteiger charge is -2.38. The monoisotopic (exact) mass is 385 g/mol. The second-order valence-corrected chi connectivity index (χ2v) is 10.6. The van der Waals surface area contributed by atoms with Gasteiger partial charge < -0.3 is 5.73 Å². The number of rotatable bonds is 5. The van der Waals surface area contributed by atoms with E-state index in [1.807, 2.05) is 0 Å². The summed E-state index contributed by atoms with van der Waals surface area (Å²) < 4.78 is 0. The lowest BCUT2D eigenvalue weighted by atomic mass is 9.67. The molecule has 3 fully saturated rings. The smallest absolute Gasteiger partial charge is 0.00970 e. The van der Waals surface area contributed by atoms with Gasteiger partial charge in [-0.25, -0.2) is 0 Å². The Morgan fingerprint density at radius 1 is 1.04 bits per heavy atom. The SMILES string of the molecule is C=C1CCCC/C1=C\C=C1/CCCC2(C)CCCC12.CCCCCC(C)(C)N. The van der Waals surface area contributed by atoms with Crippen LogP contribution in [-0.2, 0) is 0 Å². The molecule has 2 N–H and O–H groups in total. The molecule has 0 radical (unpaired) electrons. The third-order valence-electron chi connectivity index (χ3n) is 7.29. The highest BCUT2D eigenvalue weighted by molar-refractivity contribution is 5.35. The lowest BCUT2D eigenvalue weighted by molar-refractivity contribution is 0.201. The van der Waals surface area contributed by atoms with E-state index in [4.69, 9.17) is 5.73 Å². The van der Waals surface area contributed by atoms with Crippen molar-refractivity contribution in [3.05, 3.63) is 35.5 Å². The first-order valence-corrected chi connectivity index (χ1v) is 12.1. The molecule has 0 spiro atoms. The van der Waals surface area contributed by atoms with E-state index in [2.05, 4.69) is 46.4 Å². The van der Waals surface area contributed by atoms with Gasteiger partial charge in [-0.05, 0) is 95.0 Å². The molecule has 0 saturated heterocycles. The molecule has 0 heterocycles. The quantitative estimate of drug-likeness (QED) is 0.473. The number of hydrogen-bond acceptors (Lipinski definition) is 1. The number of nitrogens with two attached hydrogens (primary N) is 1. The molecule has 0 aromatic heterocycles. The van der Waals surface area contributed by atoms with Crippen molar-refractivity contribution < 1.29 is 0 Å². The molecule has 0 aliphatic heterocycles. The molecule has 3 saturated carbocycles. The molecule has 0 aromatic rings. The first-order chi connectivity index (χ1) is 13.2. The highest BCUT2D eigenvalue weighted by Gasteiger charge is 2.42. The summed E-state index contributed by atoms with van der Waals surface area (Å²) in [5, 5.41) is 0. The summed E-state index contributed by atoms with van der Waals surface area (Å²) in [4.78, 5) is 0. The Labute approximate surface area is 175 Å². The topological polar surface area (TPSA) is 26.0 Å². The predicted molar refractivity (Wildman–Crippen MR) is 125 cm³/mol. The van der Waals surface area contributed by atoms with Crippen molar-refractivity contribution in [1.82, 2.24) is 0 Å². The third-order valence-corrected chi connectivity index (χ3v) is 7.29. The van der Waals surface area contributed by atoms with Crippen molar-refractivity contribution in [2.75, 3.05) is 0 Å². The van der Waals surface area contributed by atoms with Gasteiger partial charge in [-0.1, -0.05) is 69.4 Å². The fraction of sp³-hybridized carbons (Fsp3) is 0.778. The predicted octanol–water partition coefficient (Wildman–Crippen LogP) is 8.26. The minimum atomic E-state index is 0.0508. The largest absolute Gasteiger partial charge is 0.326 e. The normalized spacial score (nSPS) is 30.9. The maximum absolute atomic E-state index is 5.78. The second-order valence-electron chi connectivity index (χ2n) is 10.6. The molecule has 2 atom stereocenters. The van der Waals surface area contributed by atoms with Crippen molar-refractivity contribution in [1.29, 1.82) is 0 Å². The Morgan fingerprint density at radius 3 is 2.43 bits per heavy atom. The highest BCUT2D eigenvalue weighted by Crippen LogP contribution is 2.54. The van der Waals surface area contributed by atoms with E-state index < -0.39 is 0 Å². The Hall–Kier alpha value is -0.820. The first-order valence-electron chi connectivity index (χ1n) is 12.1. The average molecular weight is 386 g/mol. The van der Waals surface area contributed by atoms with Crippen molar-refractivity contribution in [2.45, 2.75) is 123 Å². The minimum Gasteiger partial charge on any atom is -0.326 e. The second kappa shape index (κ2) is 10.8. The van der Waals surface area contributed by atoms with E-state index >= 15 is 0 Å². The molecule has 1 heteroatoms. The van der Waals surface area contributed by atoms with Gasteiger partial charge >= 0.3 is 0 Å². The van der Waals surface area contributed by atoms with Gasteiger partial charge in [0, 0.05) is 5.54 Å². The maximum atomic E-state index is 5.78. The van der Waals surface area contributed by atoms with Gasteiger partial charge in [0.2, 0.25) is 0 Å². The zero-order chi connectivity index (χ0) is 20.6. The van der Waals surface area contributed by atoms with Crippen LogP contribution in [0.5, 0.6) is 0 Å². The Bertz CT molecular complexity index is 559. The summed E-state index contributed by atoms with van der Waals surface area (Å²) in [7, 11) is 0. The Kier molecular flexibility index (Phi) is 9.06. The van der Waals surface area contributed by atoms with Crippen molar-refractivity contribution in [3.63, 3.8) is 0 Å². The molecule has 3 aliphatic carbocycles. The summed E-state index contributed by atoms with van der Waals surface area (Å²) in [6, 6.07) is 0. The van der Waals surface area contributed by atoms with Crippen LogP contribution in [0, 0.1) is 11.3 Å². The summed E-state index contributed by atoms with van der Waals surface area (Å²) >= 11 is 0. The first kappa shape index (κ1) is 23.5. The van der Waals surface area contributed by atoms with Crippen LogP contribution in [0.15, 0.2) is 35.5 Å². The van der Waals surface area contributed by atoms with Crippen LogP contribution in [0.2, 0.25) is 0 Å². The minimum absolute atomic E-state index is 0.0508. The number of hydrogen-bond donors (Lipinski definition) is 1. The summed E-state index contributed by atoms with van der Waals surface area (Å²) in [5.41, 5.74) is 11.1. The molecule has 0 amide bonds. The lowest BCUT2D eigenvalue weighted by Crippen LogP contribution is -2.31. The van der Waals surface area contributed by atoms with Crippen LogP contribution in [0.25, 0.3) is 0 Å².